The number of nitrogens with zero attached hydrogens (tertiary/aromatic N) is 2. The summed E-state index contributed by atoms with van der Waals surface area (Å²) in [5, 5.41) is 0. The van der Waals surface area contributed by atoms with E-state index in [1.807, 2.05) is 0 Å². The third kappa shape index (κ3) is 3.10. The highest BCUT2D eigenvalue weighted by atomic mass is 19.1. The summed E-state index contributed by atoms with van der Waals surface area (Å²) in [7, 11) is 3.79. The standard InChI is InChI=1S/C15H22FN3O/c1-10-6-12(17)7-13(14(10)16)15(20)19(3)9-11-4-5-18(2)8-11/h6-7,11H,4-5,8-9,17H2,1-3H3. The Hall–Kier alpha value is -1.62. The molecule has 0 saturated carbocycles. The zero-order chi connectivity index (χ0) is 14.9. The number of nitrogens with two attached hydrogens (primary N) is 1. The highest BCUT2D eigenvalue weighted by Gasteiger charge is 2.24. The zero-order valence-corrected chi connectivity index (χ0v) is 12.3. The van der Waals surface area contributed by atoms with Crippen LogP contribution in [0.2, 0.25) is 0 Å². The van der Waals surface area contributed by atoms with Gasteiger partial charge in [-0.05, 0) is 50.6 Å². The number of rotatable bonds is 3. The first-order chi connectivity index (χ1) is 9.38. The van der Waals surface area contributed by atoms with Crippen LogP contribution in [-0.2, 0) is 0 Å². The molecule has 0 bridgehead atoms. The molecule has 110 valence electrons. The average Bonchev–Trinajstić information content (AvgIpc) is 2.78. The molecule has 1 fully saturated rings. The largest absolute Gasteiger partial charge is 0.399 e. The maximum absolute atomic E-state index is 14.1. The molecule has 20 heavy (non-hydrogen) atoms. The summed E-state index contributed by atoms with van der Waals surface area (Å²) in [6.07, 6.45) is 1.08. The SMILES string of the molecule is Cc1cc(N)cc(C(=O)N(C)CC2CCN(C)C2)c1F. The van der Waals surface area contributed by atoms with Crippen LogP contribution >= 0.6 is 0 Å². The third-order valence-corrected chi connectivity index (χ3v) is 3.87. The molecule has 1 heterocycles. The van der Waals surface area contributed by atoms with E-state index in [4.69, 9.17) is 5.73 Å². The van der Waals surface area contributed by atoms with Crippen molar-refractivity contribution in [3.05, 3.63) is 29.1 Å². The van der Waals surface area contributed by atoms with Gasteiger partial charge in [-0.2, -0.15) is 0 Å². The van der Waals surface area contributed by atoms with Crippen molar-refractivity contribution in [2.75, 3.05) is 39.5 Å². The van der Waals surface area contributed by atoms with Gasteiger partial charge >= 0.3 is 0 Å². The van der Waals surface area contributed by atoms with E-state index in [1.54, 1.807) is 18.9 Å². The predicted octanol–water partition coefficient (Wildman–Crippen LogP) is 1.74. The summed E-state index contributed by atoms with van der Waals surface area (Å²) < 4.78 is 14.1. The molecule has 1 saturated heterocycles. The molecule has 1 aromatic carbocycles. The Morgan fingerprint density at radius 3 is 2.85 bits per heavy atom. The fourth-order valence-electron chi connectivity index (χ4n) is 2.80. The molecule has 1 aliphatic rings. The molecule has 5 heteroatoms. The second-order valence-corrected chi connectivity index (χ2v) is 5.80. The van der Waals surface area contributed by atoms with Crippen molar-refractivity contribution in [2.45, 2.75) is 13.3 Å². The number of likely N-dealkylation sites (tertiary alicyclic amines) is 1. The minimum atomic E-state index is -0.473. The van der Waals surface area contributed by atoms with Gasteiger partial charge in [-0.3, -0.25) is 4.79 Å². The minimum absolute atomic E-state index is 0.0661. The van der Waals surface area contributed by atoms with Crippen LogP contribution in [0.3, 0.4) is 0 Å². The first-order valence-corrected chi connectivity index (χ1v) is 6.88. The van der Waals surface area contributed by atoms with Gasteiger partial charge in [0.2, 0.25) is 0 Å². The lowest BCUT2D eigenvalue weighted by molar-refractivity contribution is 0.0769. The maximum atomic E-state index is 14.1. The average molecular weight is 279 g/mol. The van der Waals surface area contributed by atoms with Crippen molar-refractivity contribution in [3.63, 3.8) is 0 Å². The van der Waals surface area contributed by atoms with Crippen molar-refractivity contribution in [2.24, 2.45) is 5.92 Å². The Bertz CT molecular complexity index is 518. The number of amides is 1. The van der Waals surface area contributed by atoms with Gasteiger partial charge < -0.3 is 15.5 Å². The molecular formula is C15H22FN3O. The molecule has 0 aliphatic carbocycles. The van der Waals surface area contributed by atoms with Crippen LogP contribution in [0, 0.1) is 18.7 Å². The van der Waals surface area contributed by atoms with Crippen molar-refractivity contribution in [3.8, 4) is 0 Å². The summed E-state index contributed by atoms with van der Waals surface area (Å²) in [5.41, 5.74) is 6.59. The van der Waals surface area contributed by atoms with E-state index in [9.17, 15) is 9.18 Å². The van der Waals surface area contributed by atoms with E-state index in [1.165, 1.54) is 12.1 Å². The minimum Gasteiger partial charge on any atom is -0.399 e. The molecular weight excluding hydrogens is 257 g/mol. The van der Waals surface area contributed by atoms with E-state index >= 15 is 0 Å². The molecule has 1 aromatic rings. The van der Waals surface area contributed by atoms with E-state index in [0.29, 0.717) is 23.7 Å². The second kappa shape index (κ2) is 5.79. The molecule has 0 radical (unpaired) electrons. The summed E-state index contributed by atoms with van der Waals surface area (Å²) in [6.45, 7) is 4.30. The topological polar surface area (TPSA) is 49.6 Å². The van der Waals surface area contributed by atoms with Gasteiger partial charge in [-0.15, -0.1) is 0 Å². The normalized spacial score (nSPS) is 19.3. The van der Waals surface area contributed by atoms with Gasteiger partial charge in [0.25, 0.3) is 5.91 Å². The fourth-order valence-corrected chi connectivity index (χ4v) is 2.80. The number of carbonyl (C=O) groups is 1. The molecule has 0 spiro atoms. The Balaban J connectivity index is 2.10. The number of carbonyl (C=O) groups excluding carboxylic acids is 1. The first kappa shape index (κ1) is 14.8. The number of anilines is 1. The summed E-state index contributed by atoms with van der Waals surface area (Å²) in [5.74, 6) is -0.314. The molecule has 1 aliphatic heterocycles. The van der Waals surface area contributed by atoms with Crippen LogP contribution in [0.5, 0.6) is 0 Å². The van der Waals surface area contributed by atoms with Crippen LogP contribution in [-0.4, -0.2) is 49.4 Å². The second-order valence-electron chi connectivity index (χ2n) is 5.80. The Kier molecular flexibility index (Phi) is 4.28. The van der Waals surface area contributed by atoms with Crippen LogP contribution in [0.4, 0.5) is 10.1 Å². The third-order valence-electron chi connectivity index (χ3n) is 3.87. The lowest BCUT2D eigenvalue weighted by Crippen LogP contribution is -2.33. The lowest BCUT2D eigenvalue weighted by atomic mass is 10.1. The first-order valence-electron chi connectivity index (χ1n) is 6.88. The summed E-state index contributed by atoms with van der Waals surface area (Å²) >= 11 is 0. The van der Waals surface area contributed by atoms with Gasteiger partial charge in [0.1, 0.15) is 5.82 Å². The molecule has 2 N–H and O–H groups in total. The maximum Gasteiger partial charge on any atom is 0.256 e. The number of benzene rings is 1. The highest BCUT2D eigenvalue weighted by molar-refractivity contribution is 5.95. The van der Waals surface area contributed by atoms with Gasteiger partial charge in [-0.25, -0.2) is 4.39 Å². The molecule has 2 rings (SSSR count). The monoisotopic (exact) mass is 279 g/mol. The van der Waals surface area contributed by atoms with Crippen LogP contribution in [0.1, 0.15) is 22.3 Å². The number of halogens is 1. The lowest BCUT2D eigenvalue weighted by Gasteiger charge is -2.22. The molecule has 0 aromatic heterocycles. The number of hydrogen-bond acceptors (Lipinski definition) is 3. The molecule has 4 nitrogen and oxygen atoms in total. The van der Waals surface area contributed by atoms with E-state index < -0.39 is 5.82 Å². The summed E-state index contributed by atoms with van der Waals surface area (Å²) in [4.78, 5) is 16.2. The fraction of sp³-hybridized carbons (Fsp3) is 0.533. The van der Waals surface area contributed by atoms with E-state index in [0.717, 1.165) is 19.5 Å². The van der Waals surface area contributed by atoms with Gasteiger partial charge in [0.15, 0.2) is 0 Å². The van der Waals surface area contributed by atoms with Crippen LogP contribution in [0.15, 0.2) is 12.1 Å². The van der Waals surface area contributed by atoms with Crippen LogP contribution in [0.25, 0.3) is 0 Å². The van der Waals surface area contributed by atoms with Crippen molar-refractivity contribution in [1.82, 2.24) is 9.80 Å². The smallest absolute Gasteiger partial charge is 0.256 e. The summed E-state index contributed by atoms with van der Waals surface area (Å²) in [6, 6.07) is 2.96. The van der Waals surface area contributed by atoms with E-state index in [-0.39, 0.29) is 11.5 Å². The quantitative estimate of drug-likeness (QED) is 0.857. The number of nitrogen functional groups attached to an aromatic ring is 1. The molecule has 1 unspecified atom stereocenters. The van der Waals surface area contributed by atoms with E-state index in [2.05, 4.69) is 11.9 Å². The van der Waals surface area contributed by atoms with Crippen LogP contribution < -0.4 is 5.73 Å². The Morgan fingerprint density at radius 2 is 2.25 bits per heavy atom. The van der Waals surface area contributed by atoms with Gasteiger partial charge in [-0.1, -0.05) is 0 Å². The zero-order valence-electron chi connectivity index (χ0n) is 12.3. The van der Waals surface area contributed by atoms with Gasteiger partial charge in [0.05, 0.1) is 5.56 Å². The van der Waals surface area contributed by atoms with Crippen molar-refractivity contribution >= 4 is 11.6 Å². The van der Waals surface area contributed by atoms with Crippen molar-refractivity contribution < 1.29 is 9.18 Å². The molecule has 1 atom stereocenters. The Morgan fingerprint density at radius 1 is 1.55 bits per heavy atom. The molecule has 1 amide bonds. The van der Waals surface area contributed by atoms with Crippen molar-refractivity contribution in [1.29, 1.82) is 0 Å². The van der Waals surface area contributed by atoms with Gasteiger partial charge in [0, 0.05) is 25.8 Å². The number of hydrogen-bond donors (Lipinski definition) is 1. The predicted molar refractivity (Wildman–Crippen MR) is 78.1 cm³/mol. The Labute approximate surface area is 119 Å². The highest BCUT2D eigenvalue weighted by Crippen LogP contribution is 2.20. The number of aryl methyl sites for hydroxylation is 1.